The molecule has 4 aromatic carbocycles. The molecule has 2 heterocycles. The van der Waals surface area contributed by atoms with Gasteiger partial charge < -0.3 is 19.0 Å². The number of oxazole rings is 1. The number of Topliss-reactive ketones (excluding diaryl/α,β-unsaturated/α-hetero) is 1. The minimum absolute atomic E-state index is 0.0246. The first-order valence-corrected chi connectivity index (χ1v) is 18.8. The second-order valence-electron chi connectivity index (χ2n) is 13.0. The molecule has 1 aliphatic rings. The average molecular weight is 721 g/mol. The van der Waals surface area contributed by atoms with Crippen LogP contribution in [-0.4, -0.2) is 38.8 Å². The summed E-state index contributed by atoms with van der Waals surface area (Å²) >= 11 is 1.52. The summed E-state index contributed by atoms with van der Waals surface area (Å²) in [6.45, 7) is -0.0246. The van der Waals surface area contributed by atoms with E-state index in [9.17, 15) is 14.7 Å². The van der Waals surface area contributed by atoms with Gasteiger partial charge in [-0.1, -0.05) is 134 Å². The van der Waals surface area contributed by atoms with Gasteiger partial charge in [0.05, 0.1) is 18.8 Å². The predicted octanol–water partition coefficient (Wildman–Crippen LogP) is 8.80. The van der Waals surface area contributed by atoms with Crippen molar-refractivity contribution in [2.45, 2.75) is 81.7 Å². The number of amides is 1. The smallest absolute Gasteiger partial charge is 0.256 e. The van der Waals surface area contributed by atoms with Crippen molar-refractivity contribution in [1.82, 2.24) is 10.5 Å². The number of unbranched alkanes of at least 4 members (excludes halogenated alkanes) is 3. The molecule has 1 aliphatic heterocycles. The number of hydroxylamine groups is 1. The maximum atomic E-state index is 12.7. The van der Waals surface area contributed by atoms with Crippen LogP contribution in [-0.2, 0) is 32.1 Å². The summed E-state index contributed by atoms with van der Waals surface area (Å²) in [5, 5.41) is 18.7. The first-order chi connectivity index (χ1) is 25.5. The highest BCUT2D eigenvalue weighted by molar-refractivity contribution is 7.99. The third-order valence-corrected chi connectivity index (χ3v) is 10.0. The van der Waals surface area contributed by atoms with Crippen molar-refractivity contribution in [3.05, 3.63) is 131 Å². The number of ketones is 1. The van der Waals surface area contributed by atoms with E-state index in [1.807, 2.05) is 109 Å². The normalized spacial score (nSPS) is 17.2. The molecule has 52 heavy (non-hydrogen) atoms. The van der Waals surface area contributed by atoms with Crippen LogP contribution >= 0.6 is 11.8 Å². The van der Waals surface area contributed by atoms with Crippen LogP contribution in [0.4, 0.5) is 0 Å². The summed E-state index contributed by atoms with van der Waals surface area (Å²) in [5.41, 5.74) is 8.02. The molecule has 1 saturated heterocycles. The van der Waals surface area contributed by atoms with E-state index in [1.165, 1.54) is 11.8 Å². The Morgan fingerprint density at radius 2 is 1.38 bits per heavy atom. The number of carbonyl (C=O) groups is 2. The Kier molecular flexibility index (Phi) is 13.4. The van der Waals surface area contributed by atoms with Crippen molar-refractivity contribution in [3.8, 4) is 22.6 Å². The lowest BCUT2D eigenvalue weighted by molar-refractivity contribution is -0.245. The van der Waals surface area contributed by atoms with Crippen molar-refractivity contribution in [2.24, 2.45) is 0 Å². The summed E-state index contributed by atoms with van der Waals surface area (Å²) in [4.78, 5) is 28.7. The van der Waals surface area contributed by atoms with E-state index < -0.39 is 6.29 Å². The van der Waals surface area contributed by atoms with Gasteiger partial charge in [-0.2, -0.15) is 0 Å². The van der Waals surface area contributed by atoms with Crippen molar-refractivity contribution < 1.29 is 33.8 Å². The minimum atomic E-state index is -0.621. The molecule has 9 nitrogen and oxygen atoms in total. The van der Waals surface area contributed by atoms with E-state index in [4.69, 9.17) is 24.1 Å². The Morgan fingerprint density at radius 3 is 2.06 bits per heavy atom. The number of hydrogen-bond acceptors (Lipinski definition) is 9. The molecule has 1 aromatic heterocycles. The Hall–Kier alpha value is -4.58. The molecule has 3 atom stereocenters. The van der Waals surface area contributed by atoms with Gasteiger partial charge in [-0.05, 0) is 29.5 Å². The standard InChI is InChI=1S/C42H44N2O7S/c45-27-30-19-21-31(22-20-30)37-26-36(28-52-42-43-39(32-11-5-3-6-12-32)40(51-42)33-13-7-4-8-14-33)49-41(50-37)34-23-17-29(18-24-34)25-35(46)15-9-1-2-10-16-38(47)44-48/h3-8,11-14,17-24,36-37,41,45,48H,1-2,9-10,15-16,25-28H2,(H,44,47). The fourth-order valence-electron chi connectivity index (χ4n) is 6.25. The number of aromatic nitrogens is 1. The molecule has 3 unspecified atom stereocenters. The number of hydrogen-bond donors (Lipinski definition) is 3. The Balaban J connectivity index is 1.12. The van der Waals surface area contributed by atoms with E-state index in [2.05, 4.69) is 0 Å². The summed E-state index contributed by atoms with van der Waals surface area (Å²) in [6, 6.07) is 35.7. The van der Waals surface area contributed by atoms with E-state index in [-0.39, 0.29) is 36.9 Å². The molecule has 0 bridgehead atoms. The maximum absolute atomic E-state index is 12.7. The van der Waals surface area contributed by atoms with Gasteiger partial charge in [-0.25, -0.2) is 10.5 Å². The third-order valence-electron chi connectivity index (χ3n) is 9.09. The Bertz CT molecular complexity index is 1810. The lowest BCUT2D eigenvalue weighted by Crippen LogP contribution is -2.31. The zero-order chi connectivity index (χ0) is 36.1. The van der Waals surface area contributed by atoms with Crippen molar-refractivity contribution in [2.75, 3.05) is 5.75 Å². The number of carbonyl (C=O) groups excluding carboxylic acids is 2. The fraction of sp³-hybridized carbons (Fsp3) is 0.310. The molecule has 0 saturated carbocycles. The van der Waals surface area contributed by atoms with Crippen molar-refractivity contribution >= 4 is 23.5 Å². The number of rotatable bonds is 17. The molecular formula is C42H44N2O7S. The Labute approximate surface area is 308 Å². The quantitative estimate of drug-likeness (QED) is 0.0373. The van der Waals surface area contributed by atoms with Crippen LogP contribution < -0.4 is 5.48 Å². The number of ether oxygens (including phenoxy) is 2. The number of nitrogens with zero attached hydrogens (tertiary/aromatic N) is 1. The van der Waals surface area contributed by atoms with Crippen LogP contribution in [0.1, 0.15) is 79.6 Å². The second kappa shape index (κ2) is 18.8. The fourth-order valence-corrected chi connectivity index (χ4v) is 7.09. The Morgan fingerprint density at radius 1 is 0.750 bits per heavy atom. The van der Waals surface area contributed by atoms with Crippen LogP contribution in [0.5, 0.6) is 0 Å². The molecule has 10 heteroatoms. The monoisotopic (exact) mass is 720 g/mol. The van der Waals surface area contributed by atoms with Gasteiger partial charge in [0.15, 0.2) is 12.1 Å². The lowest BCUT2D eigenvalue weighted by atomic mass is 10.00. The van der Waals surface area contributed by atoms with Crippen LogP contribution in [0.2, 0.25) is 0 Å². The topological polar surface area (TPSA) is 131 Å². The SMILES string of the molecule is O=C(CCCCCCC(=O)NO)Cc1ccc(C2OC(CSc3nc(-c4ccccc4)c(-c4ccccc4)o3)CC(c3ccc(CO)cc3)O2)cc1. The number of benzene rings is 4. The first-order valence-electron chi connectivity index (χ1n) is 17.8. The maximum Gasteiger partial charge on any atom is 0.256 e. The van der Waals surface area contributed by atoms with E-state index >= 15 is 0 Å². The van der Waals surface area contributed by atoms with Gasteiger partial charge in [0.1, 0.15) is 11.5 Å². The molecule has 3 N–H and O–H groups in total. The lowest BCUT2D eigenvalue weighted by Gasteiger charge is -2.36. The van der Waals surface area contributed by atoms with Crippen LogP contribution in [0.15, 0.2) is 119 Å². The van der Waals surface area contributed by atoms with Crippen LogP contribution in [0.3, 0.4) is 0 Å². The molecular weight excluding hydrogens is 677 g/mol. The molecule has 0 spiro atoms. The van der Waals surface area contributed by atoms with Crippen molar-refractivity contribution in [1.29, 1.82) is 0 Å². The molecule has 1 amide bonds. The van der Waals surface area contributed by atoms with Gasteiger partial charge in [-0.15, -0.1) is 0 Å². The zero-order valence-corrected chi connectivity index (χ0v) is 29.8. The zero-order valence-electron chi connectivity index (χ0n) is 29.0. The van der Waals surface area contributed by atoms with Gasteiger partial charge in [0, 0.05) is 48.1 Å². The first kappa shape index (κ1) is 37.2. The van der Waals surface area contributed by atoms with Crippen LogP contribution in [0.25, 0.3) is 22.6 Å². The van der Waals surface area contributed by atoms with Crippen LogP contribution in [0, 0.1) is 0 Å². The van der Waals surface area contributed by atoms with Gasteiger partial charge >= 0.3 is 0 Å². The summed E-state index contributed by atoms with van der Waals surface area (Å²) < 4.78 is 19.5. The largest absolute Gasteiger partial charge is 0.431 e. The predicted molar refractivity (Wildman–Crippen MR) is 199 cm³/mol. The molecule has 6 rings (SSSR count). The van der Waals surface area contributed by atoms with Gasteiger partial charge in [-0.3, -0.25) is 14.8 Å². The molecule has 1 fully saturated rings. The summed E-state index contributed by atoms with van der Waals surface area (Å²) in [7, 11) is 0. The number of nitrogens with one attached hydrogen (secondary N) is 1. The summed E-state index contributed by atoms with van der Waals surface area (Å²) in [6.07, 6.45) is 3.87. The number of aliphatic hydroxyl groups is 1. The summed E-state index contributed by atoms with van der Waals surface area (Å²) in [5.74, 6) is 1.11. The minimum Gasteiger partial charge on any atom is -0.431 e. The molecule has 5 aromatic rings. The second-order valence-corrected chi connectivity index (χ2v) is 13.9. The third kappa shape index (κ3) is 10.3. The van der Waals surface area contributed by atoms with Gasteiger partial charge in [0.2, 0.25) is 5.91 Å². The molecule has 0 radical (unpaired) electrons. The number of aliphatic hydroxyl groups excluding tert-OH is 1. The number of thioether (sulfide) groups is 1. The highest BCUT2D eigenvalue weighted by atomic mass is 32.2. The molecule has 270 valence electrons. The van der Waals surface area contributed by atoms with E-state index in [0.717, 1.165) is 64.1 Å². The van der Waals surface area contributed by atoms with Crippen molar-refractivity contribution in [3.63, 3.8) is 0 Å². The van der Waals surface area contributed by atoms with E-state index in [1.54, 1.807) is 5.48 Å². The highest BCUT2D eigenvalue weighted by Gasteiger charge is 2.33. The average Bonchev–Trinajstić information content (AvgIpc) is 3.63. The van der Waals surface area contributed by atoms with Gasteiger partial charge in [0.25, 0.3) is 5.22 Å². The molecule has 0 aliphatic carbocycles. The highest BCUT2D eigenvalue weighted by Crippen LogP contribution is 2.41. The van der Waals surface area contributed by atoms with E-state index in [0.29, 0.717) is 36.7 Å².